The summed E-state index contributed by atoms with van der Waals surface area (Å²) < 4.78 is 19.4. The van der Waals surface area contributed by atoms with Gasteiger partial charge in [-0.15, -0.1) is 4.37 Å². The first-order valence-electron chi connectivity index (χ1n) is 7.37. The topological polar surface area (TPSA) is 79.7 Å². The molecule has 0 spiro atoms. The molecule has 1 saturated heterocycles. The zero-order valence-corrected chi connectivity index (χ0v) is 13.1. The van der Waals surface area contributed by atoms with Crippen LogP contribution in [0.2, 0.25) is 0 Å². The van der Waals surface area contributed by atoms with Crippen LogP contribution in [0.15, 0.2) is 0 Å². The second kappa shape index (κ2) is 6.43. The summed E-state index contributed by atoms with van der Waals surface area (Å²) in [5.41, 5.74) is 0.224. The maximum absolute atomic E-state index is 9.97. The third kappa shape index (κ3) is 4.03. The van der Waals surface area contributed by atoms with E-state index >= 15 is 0 Å². The molecule has 1 aromatic heterocycles. The van der Waals surface area contributed by atoms with Gasteiger partial charge in [-0.05, 0) is 19.8 Å². The van der Waals surface area contributed by atoms with Crippen LogP contribution in [0.3, 0.4) is 0 Å². The highest BCUT2D eigenvalue weighted by molar-refractivity contribution is 6.99. The van der Waals surface area contributed by atoms with Crippen molar-refractivity contribution >= 4 is 17.5 Å². The van der Waals surface area contributed by atoms with Gasteiger partial charge in [0.1, 0.15) is 12.7 Å². The highest BCUT2D eigenvalue weighted by Gasteiger charge is 2.36. The normalized spacial score (nSPS) is 22.1. The number of morpholine rings is 1. The van der Waals surface area contributed by atoms with Gasteiger partial charge in [-0.1, -0.05) is 0 Å². The lowest BCUT2D eigenvalue weighted by Crippen LogP contribution is -2.38. The molecule has 118 valence electrons. The molecule has 2 aliphatic rings. The molecule has 0 amide bonds. The Balaban J connectivity index is 1.47. The molecule has 0 unspecified atom stereocenters. The van der Waals surface area contributed by atoms with E-state index in [0.717, 1.165) is 30.6 Å². The molecule has 2 heterocycles. The van der Waals surface area contributed by atoms with Crippen LogP contribution in [0.25, 0.3) is 0 Å². The molecule has 0 bridgehead atoms. The lowest BCUT2D eigenvalue weighted by Gasteiger charge is -2.27. The Bertz CT molecular complexity index is 460. The molecule has 0 radical (unpaired) electrons. The monoisotopic (exact) mass is 314 g/mol. The number of hydrogen-bond acceptors (Lipinski definition) is 8. The molecule has 7 nitrogen and oxygen atoms in total. The zero-order valence-electron chi connectivity index (χ0n) is 12.2. The Morgan fingerprint density at radius 1 is 1.43 bits per heavy atom. The first-order chi connectivity index (χ1) is 10.2. The highest BCUT2D eigenvalue weighted by atomic mass is 32.1. The predicted octanol–water partition coefficient (Wildman–Crippen LogP) is 0.256. The number of β-amino-alcohol motifs (C(OH)–C–C–N with tert-alkyl or cyclic N) is 1. The van der Waals surface area contributed by atoms with Gasteiger partial charge < -0.3 is 24.8 Å². The van der Waals surface area contributed by atoms with Crippen molar-refractivity contribution in [2.24, 2.45) is 0 Å². The summed E-state index contributed by atoms with van der Waals surface area (Å²) in [7, 11) is 0. The number of ether oxygens (including phenoxy) is 2. The van der Waals surface area contributed by atoms with Gasteiger partial charge in [0.25, 0.3) is 5.88 Å². The van der Waals surface area contributed by atoms with Crippen molar-refractivity contribution in [1.29, 1.82) is 0 Å². The quantitative estimate of drug-likeness (QED) is 0.747. The molecule has 2 N–H and O–H groups in total. The number of hydrogen-bond donors (Lipinski definition) is 2. The first-order valence-corrected chi connectivity index (χ1v) is 8.10. The summed E-state index contributed by atoms with van der Waals surface area (Å²) in [5.74, 6) is 1.27. The third-order valence-electron chi connectivity index (χ3n) is 3.93. The Kier molecular flexibility index (Phi) is 4.58. The van der Waals surface area contributed by atoms with E-state index in [1.165, 1.54) is 12.8 Å². The van der Waals surface area contributed by atoms with Crippen LogP contribution in [-0.4, -0.2) is 65.0 Å². The second-order valence-corrected chi connectivity index (χ2v) is 6.43. The fourth-order valence-electron chi connectivity index (χ4n) is 2.20. The molecule has 1 atom stereocenters. The van der Waals surface area contributed by atoms with E-state index in [2.05, 4.69) is 25.9 Å². The standard InChI is InChI=1S/C13H22N4O3S/c1-13(2-3-13)14-8-10(18)9-20-12-11(15-21-16-12)17-4-6-19-7-5-17/h10,14,18H,2-9H2,1H3/t10-/m0/s1. The zero-order chi connectivity index (χ0) is 14.7. The minimum Gasteiger partial charge on any atom is -0.472 e. The van der Waals surface area contributed by atoms with E-state index < -0.39 is 6.10 Å². The molecule has 1 aliphatic heterocycles. The van der Waals surface area contributed by atoms with Crippen molar-refractivity contribution in [2.75, 3.05) is 44.4 Å². The van der Waals surface area contributed by atoms with Gasteiger partial charge in [-0.3, -0.25) is 0 Å². The Hall–Kier alpha value is -0.960. The highest BCUT2D eigenvalue weighted by Crippen LogP contribution is 2.34. The molecule has 1 aliphatic carbocycles. The summed E-state index contributed by atoms with van der Waals surface area (Å²) in [6, 6.07) is 0. The number of aromatic nitrogens is 2. The molecule has 0 aromatic carbocycles. The van der Waals surface area contributed by atoms with E-state index in [0.29, 0.717) is 25.6 Å². The molecule has 2 fully saturated rings. The van der Waals surface area contributed by atoms with Gasteiger partial charge >= 0.3 is 0 Å². The van der Waals surface area contributed by atoms with E-state index in [4.69, 9.17) is 9.47 Å². The van der Waals surface area contributed by atoms with Gasteiger partial charge in [0.15, 0.2) is 0 Å². The van der Waals surface area contributed by atoms with Crippen molar-refractivity contribution in [3.05, 3.63) is 0 Å². The fraction of sp³-hybridized carbons (Fsp3) is 0.846. The van der Waals surface area contributed by atoms with E-state index in [1.54, 1.807) is 0 Å². The Morgan fingerprint density at radius 2 is 2.19 bits per heavy atom. The maximum Gasteiger partial charge on any atom is 0.270 e. The van der Waals surface area contributed by atoms with Crippen molar-refractivity contribution in [1.82, 2.24) is 14.1 Å². The van der Waals surface area contributed by atoms with Gasteiger partial charge in [-0.25, -0.2) is 0 Å². The van der Waals surface area contributed by atoms with Gasteiger partial charge in [0, 0.05) is 25.2 Å². The molecule has 3 rings (SSSR count). The number of nitrogens with zero attached hydrogens (tertiary/aromatic N) is 3. The van der Waals surface area contributed by atoms with Crippen LogP contribution in [0.1, 0.15) is 19.8 Å². The summed E-state index contributed by atoms with van der Waals surface area (Å²) in [4.78, 5) is 2.11. The van der Waals surface area contributed by atoms with Crippen molar-refractivity contribution in [2.45, 2.75) is 31.4 Å². The molecule has 1 aromatic rings. The average Bonchev–Trinajstić information content (AvgIpc) is 3.06. The lowest BCUT2D eigenvalue weighted by molar-refractivity contribution is 0.100. The molecular formula is C13H22N4O3S. The summed E-state index contributed by atoms with van der Waals surface area (Å²) in [6.45, 7) is 5.92. The largest absolute Gasteiger partial charge is 0.472 e. The van der Waals surface area contributed by atoms with Gasteiger partial charge in [0.2, 0.25) is 5.82 Å². The van der Waals surface area contributed by atoms with Crippen LogP contribution in [0, 0.1) is 0 Å². The minimum absolute atomic E-state index is 0.224. The van der Waals surface area contributed by atoms with Crippen LogP contribution in [0.5, 0.6) is 5.88 Å². The number of aliphatic hydroxyl groups excluding tert-OH is 1. The summed E-state index contributed by atoms with van der Waals surface area (Å²) >= 11 is 1.13. The second-order valence-electron chi connectivity index (χ2n) is 5.90. The van der Waals surface area contributed by atoms with Gasteiger partial charge in [-0.2, -0.15) is 4.37 Å². The van der Waals surface area contributed by atoms with Crippen LogP contribution < -0.4 is 15.0 Å². The maximum atomic E-state index is 9.97. The predicted molar refractivity (Wildman–Crippen MR) is 80.1 cm³/mol. The van der Waals surface area contributed by atoms with Gasteiger partial charge in [0.05, 0.1) is 24.9 Å². The Morgan fingerprint density at radius 3 is 2.90 bits per heavy atom. The van der Waals surface area contributed by atoms with Crippen LogP contribution in [-0.2, 0) is 4.74 Å². The number of nitrogens with one attached hydrogen (secondary N) is 1. The van der Waals surface area contributed by atoms with Crippen molar-refractivity contribution < 1.29 is 14.6 Å². The molecular weight excluding hydrogens is 292 g/mol. The summed E-state index contributed by atoms with van der Waals surface area (Å²) in [5, 5.41) is 13.3. The molecule has 21 heavy (non-hydrogen) atoms. The SMILES string of the molecule is CC1(NC[C@H](O)COc2nsnc2N2CCOCC2)CC1. The number of anilines is 1. The fourth-order valence-corrected chi connectivity index (χ4v) is 2.72. The van der Waals surface area contributed by atoms with E-state index in [9.17, 15) is 5.11 Å². The Labute approximate surface area is 128 Å². The minimum atomic E-state index is -0.540. The van der Waals surface area contributed by atoms with E-state index in [1.807, 2.05) is 0 Å². The van der Waals surface area contributed by atoms with Crippen LogP contribution >= 0.6 is 11.7 Å². The lowest BCUT2D eigenvalue weighted by atomic mass is 10.3. The summed E-state index contributed by atoms with van der Waals surface area (Å²) in [6.07, 6.45) is 1.82. The van der Waals surface area contributed by atoms with Crippen molar-refractivity contribution in [3.8, 4) is 5.88 Å². The average molecular weight is 314 g/mol. The third-order valence-corrected chi connectivity index (χ3v) is 4.43. The number of aliphatic hydroxyl groups is 1. The van der Waals surface area contributed by atoms with Crippen LogP contribution in [0.4, 0.5) is 5.82 Å². The van der Waals surface area contributed by atoms with Crippen molar-refractivity contribution in [3.63, 3.8) is 0 Å². The molecule has 8 heteroatoms. The number of rotatable bonds is 7. The molecule has 1 saturated carbocycles. The first kappa shape index (κ1) is 15.0. The smallest absolute Gasteiger partial charge is 0.270 e. The van der Waals surface area contributed by atoms with E-state index in [-0.39, 0.29) is 12.1 Å².